The molecular weight excluding hydrogens is 276 g/mol. The Morgan fingerprint density at radius 1 is 1.25 bits per heavy atom. The van der Waals surface area contributed by atoms with Gasteiger partial charge in [-0.3, -0.25) is 0 Å². The summed E-state index contributed by atoms with van der Waals surface area (Å²) < 4.78 is 11.1. The number of nitrogen functional groups attached to an aromatic ring is 1. The second-order valence-corrected chi connectivity index (χ2v) is 4.97. The molecular formula is C15H13ClN2O2. The van der Waals surface area contributed by atoms with Crippen LogP contribution in [0.5, 0.6) is 5.75 Å². The minimum atomic E-state index is 0.466. The Morgan fingerprint density at radius 2 is 2.05 bits per heavy atom. The quantitative estimate of drug-likeness (QED) is 0.723. The van der Waals surface area contributed by atoms with Crippen LogP contribution in [0.2, 0.25) is 5.02 Å². The molecule has 0 amide bonds. The summed E-state index contributed by atoms with van der Waals surface area (Å²) in [7, 11) is 1.62. The second kappa shape index (κ2) is 4.72. The first-order valence-electron chi connectivity index (χ1n) is 6.09. The summed E-state index contributed by atoms with van der Waals surface area (Å²) in [5.41, 5.74) is 9.41. The first-order chi connectivity index (χ1) is 9.58. The van der Waals surface area contributed by atoms with Gasteiger partial charge >= 0.3 is 0 Å². The van der Waals surface area contributed by atoms with Crippen LogP contribution < -0.4 is 10.5 Å². The molecule has 1 aromatic heterocycles. The van der Waals surface area contributed by atoms with Gasteiger partial charge in [-0.15, -0.1) is 0 Å². The summed E-state index contributed by atoms with van der Waals surface area (Å²) in [4.78, 5) is 4.45. The van der Waals surface area contributed by atoms with Crippen LogP contribution >= 0.6 is 11.6 Å². The number of anilines is 1. The van der Waals surface area contributed by atoms with Crippen molar-refractivity contribution in [2.24, 2.45) is 0 Å². The number of hydrogen-bond donors (Lipinski definition) is 1. The molecule has 0 radical (unpaired) electrons. The van der Waals surface area contributed by atoms with Crippen molar-refractivity contribution in [3.63, 3.8) is 0 Å². The molecule has 20 heavy (non-hydrogen) atoms. The van der Waals surface area contributed by atoms with Gasteiger partial charge in [-0.05, 0) is 25.1 Å². The Balaban J connectivity index is 2.22. The normalized spacial score (nSPS) is 10.9. The first-order valence-corrected chi connectivity index (χ1v) is 6.47. The fourth-order valence-corrected chi connectivity index (χ4v) is 2.23. The average Bonchev–Trinajstić information content (AvgIpc) is 2.82. The van der Waals surface area contributed by atoms with Crippen LogP contribution in [0.3, 0.4) is 0 Å². The molecule has 0 saturated heterocycles. The summed E-state index contributed by atoms with van der Waals surface area (Å²) in [6.45, 7) is 2.00. The van der Waals surface area contributed by atoms with Crippen LogP contribution in [-0.4, -0.2) is 12.1 Å². The fourth-order valence-electron chi connectivity index (χ4n) is 2.07. The maximum atomic E-state index is 6.00. The lowest BCUT2D eigenvalue weighted by Gasteiger charge is -2.05. The Hall–Kier alpha value is -2.20. The van der Waals surface area contributed by atoms with Crippen LogP contribution in [0.25, 0.3) is 22.6 Å². The maximum Gasteiger partial charge on any atom is 0.231 e. The molecule has 0 bridgehead atoms. The van der Waals surface area contributed by atoms with Crippen molar-refractivity contribution in [2.45, 2.75) is 6.92 Å². The predicted octanol–water partition coefficient (Wildman–Crippen LogP) is 4.05. The van der Waals surface area contributed by atoms with Gasteiger partial charge in [0.25, 0.3) is 0 Å². The lowest BCUT2D eigenvalue weighted by molar-refractivity contribution is 0.414. The lowest BCUT2D eigenvalue weighted by Crippen LogP contribution is -1.88. The zero-order chi connectivity index (χ0) is 14.3. The Morgan fingerprint density at radius 3 is 2.80 bits per heavy atom. The van der Waals surface area contributed by atoms with E-state index >= 15 is 0 Å². The van der Waals surface area contributed by atoms with Crippen LogP contribution in [-0.2, 0) is 0 Å². The molecule has 1 heterocycles. The number of nitrogens with two attached hydrogens (primary N) is 1. The van der Waals surface area contributed by atoms with Gasteiger partial charge in [-0.2, -0.15) is 0 Å². The second-order valence-electron chi connectivity index (χ2n) is 4.56. The highest BCUT2D eigenvalue weighted by atomic mass is 35.5. The van der Waals surface area contributed by atoms with Gasteiger partial charge < -0.3 is 14.9 Å². The summed E-state index contributed by atoms with van der Waals surface area (Å²) in [6.07, 6.45) is 0. The van der Waals surface area contributed by atoms with E-state index in [-0.39, 0.29) is 0 Å². The number of fused-ring (bicyclic) bond motifs is 1. The van der Waals surface area contributed by atoms with Crippen LogP contribution in [0.1, 0.15) is 5.56 Å². The molecule has 0 aliphatic carbocycles. The summed E-state index contributed by atoms with van der Waals surface area (Å²) in [6, 6.07) is 9.20. The third-order valence-corrected chi connectivity index (χ3v) is 3.42. The molecule has 0 fully saturated rings. The van der Waals surface area contributed by atoms with Gasteiger partial charge in [0.15, 0.2) is 5.58 Å². The van der Waals surface area contributed by atoms with Crippen molar-refractivity contribution in [3.8, 4) is 17.2 Å². The molecule has 3 rings (SSSR count). The van der Waals surface area contributed by atoms with Crippen LogP contribution in [0.4, 0.5) is 5.69 Å². The van der Waals surface area contributed by atoms with E-state index in [0.29, 0.717) is 33.4 Å². The third kappa shape index (κ3) is 2.08. The number of aromatic nitrogens is 1. The Kier molecular flexibility index (Phi) is 3.03. The van der Waals surface area contributed by atoms with E-state index in [9.17, 15) is 0 Å². The van der Waals surface area contributed by atoms with E-state index in [4.69, 9.17) is 26.5 Å². The van der Waals surface area contributed by atoms with Gasteiger partial charge in [0, 0.05) is 6.07 Å². The molecule has 102 valence electrons. The molecule has 0 unspecified atom stereocenters. The third-order valence-electron chi connectivity index (χ3n) is 3.09. The number of hydrogen-bond acceptors (Lipinski definition) is 4. The molecule has 0 aliphatic rings. The zero-order valence-corrected chi connectivity index (χ0v) is 11.9. The molecule has 4 nitrogen and oxygen atoms in total. The van der Waals surface area contributed by atoms with Gasteiger partial charge in [0.1, 0.15) is 11.3 Å². The van der Waals surface area contributed by atoms with Crippen molar-refractivity contribution >= 4 is 28.4 Å². The van der Waals surface area contributed by atoms with E-state index in [1.54, 1.807) is 19.2 Å². The highest BCUT2D eigenvalue weighted by Crippen LogP contribution is 2.34. The lowest BCUT2D eigenvalue weighted by atomic mass is 10.1. The van der Waals surface area contributed by atoms with Gasteiger partial charge in [-0.25, -0.2) is 4.98 Å². The smallest absolute Gasteiger partial charge is 0.231 e. The molecule has 5 heteroatoms. The number of halogens is 1. The van der Waals surface area contributed by atoms with E-state index in [1.165, 1.54) is 0 Å². The van der Waals surface area contributed by atoms with Crippen molar-refractivity contribution in [2.75, 3.05) is 12.8 Å². The number of benzene rings is 2. The number of rotatable bonds is 2. The van der Waals surface area contributed by atoms with Crippen LogP contribution in [0, 0.1) is 6.92 Å². The number of aryl methyl sites for hydroxylation is 1. The summed E-state index contributed by atoms with van der Waals surface area (Å²) >= 11 is 6.00. The SMILES string of the molecule is COc1ccc(C)cc1-c1nc2cc(Cl)c(N)cc2o1. The summed E-state index contributed by atoms with van der Waals surface area (Å²) in [5, 5.41) is 0.466. The number of nitrogens with zero attached hydrogens (tertiary/aromatic N) is 1. The largest absolute Gasteiger partial charge is 0.496 e. The Labute approximate surface area is 121 Å². The predicted molar refractivity (Wildman–Crippen MR) is 80.2 cm³/mol. The van der Waals surface area contributed by atoms with E-state index in [1.807, 2.05) is 25.1 Å². The number of methoxy groups -OCH3 is 1. The highest BCUT2D eigenvalue weighted by molar-refractivity contribution is 6.33. The molecule has 2 N–H and O–H groups in total. The van der Waals surface area contributed by atoms with Crippen molar-refractivity contribution in [3.05, 3.63) is 40.9 Å². The fraction of sp³-hybridized carbons (Fsp3) is 0.133. The van der Waals surface area contributed by atoms with Crippen molar-refractivity contribution < 1.29 is 9.15 Å². The van der Waals surface area contributed by atoms with Gasteiger partial charge in [0.05, 0.1) is 23.4 Å². The highest BCUT2D eigenvalue weighted by Gasteiger charge is 2.14. The summed E-state index contributed by atoms with van der Waals surface area (Å²) in [5.74, 6) is 1.20. The minimum absolute atomic E-state index is 0.466. The molecule has 3 aromatic rings. The van der Waals surface area contributed by atoms with E-state index < -0.39 is 0 Å². The van der Waals surface area contributed by atoms with Gasteiger partial charge in [-0.1, -0.05) is 23.2 Å². The molecule has 0 atom stereocenters. The number of ether oxygens (including phenoxy) is 1. The number of oxazole rings is 1. The zero-order valence-electron chi connectivity index (χ0n) is 11.1. The minimum Gasteiger partial charge on any atom is -0.496 e. The molecule has 2 aromatic carbocycles. The van der Waals surface area contributed by atoms with Gasteiger partial charge in [0.2, 0.25) is 5.89 Å². The first kappa shape index (κ1) is 12.8. The Bertz CT molecular complexity index is 757. The monoisotopic (exact) mass is 288 g/mol. The molecule has 0 spiro atoms. The van der Waals surface area contributed by atoms with Crippen LogP contribution in [0.15, 0.2) is 34.7 Å². The maximum absolute atomic E-state index is 6.00. The average molecular weight is 289 g/mol. The van der Waals surface area contributed by atoms with E-state index in [2.05, 4.69) is 4.98 Å². The van der Waals surface area contributed by atoms with Crippen molar-refractivity contribution in [1.29, 1.82) is 0 Å². The topological polar surface area (TPSA) is 61.3 Å². The standard InChI is InChI=1S/C15H13ClN2O2/c1-8-3-4-13(19-2)9(5-8)15-18-12-6-10(16)11(17)7-14(12)20-15/h3-7H,17H2,1-2H3. The molecule has 0 saturated carbocycles. The van der Waals surface area contributed by atoms with E-state index in [0.717, 1.165) is 11.1 Å². The molecule has 0 aliphatic heterocycles. The van der Waals surface area contributed by atoms with Crippen molar-refractivity contribution in [1.82, 2.24) is 4.98 Å².